The van der Waals surface area contributed by atoms with Crippen LogP contribution in [0.25, 0.3) is 0 Å². The maximum atomic E-state index is 12.9. The molecule has 170 valence electrons. The average molecular weight is 612 g/mol. The third kappa shape index (κ3) is 5.51. The van der Waals surface area contributed by atoms with Crippen LogP contribution in [0.1, 0.15) is 32.9 Å². The molecule has 0 saturated carbocycles. The number of halogens is 4. The Hall–Kier alpha value is -2.13. The van der Waals surface area contributed by atoms with Gasteiger partial charge in [0.25, 0.3) is 5.91 Å². The number of carbonyl (C=O) groups excluding carboxylic acids is 1. The van der Waals surface area contributed by atoms with Crippen LogP contribution in [0.2, 0.25) is 10.0 Å². The number of hydrogen-bond acceptors (Lipinski definition) is 3. The minimum absolute atomic E-state index is 0.244. The zero-order chi connectivity index (χ0) is 23.7. The van der Waals surface area contributed by atoms with E-state index in [1.807, 2.05) is 42.8 Å². The van der Waals surface area contributed by atoms with Gasteiger partial charge in [0, 0.05) is 11.8 Å². The van der Waals surface area contributed by atoms with E-state index in [2.05, 4.69) is 47.4 Å². The Kier molecular flexibility index (Phi) is 7.28. The van der Waals surface area contributed by atoms with Crippen molar-refractivity contribution in [1.82, 2.24) is 19.6 Å². The summed E-state index contributed by atoms with van der Waals surface area (Å²) >= 11 is 19.1. The van der Waals surface area contributed by atoms with Crippen molar-refractivity contribution in [2.45, 2.75) is 26.9 Å². The molecule has 0 bridgehead atoms. The molecule has 33 heavy (non-hydrogen) atoms. The minimum atomic E-state index is -0.244. The van der Waals surface area contributed by atoms with Crippen LogP contribution in [0.3, 0.4) is 0 Å². The van der Waals surface area contributed by atoms with E-state index in [1.54, 1.807) is 29.1 Å². The Labute approximate surface area is 218 Å². The van der Waals surface area contributed by atoms with Gasteiger partial charge < -0.3 is 5.32 Å². The lowest BCUT2D eigenvalue weighted by Crippen LogP contribution is -2.14. The van der Waals surface area contributed by atoms with E-state index in [-0.39, 0.29) is 5.91 Å². The predicted octanol–water partition coefficient (Wildman–Crippen LogP) is 6.88. The van der Waals surface area contributed by atoms with Crippen molar-refractivity contribution in [3.63, 3.8) is 0 Å². The summed E-state index contributed by atoms with van der Waals surface area (Å²) in [5.74, 6) is 0.194. The van der Waals surface area contributed by atoms with Gasteiger partial charge in [0.05, 0.1) is 43.5 Å². The van der Waals surface area contributed by atoms with E-state index in [0.29, 0.717) is 39.0 Å². The number of aryl methyl sites for hydroxylation is 1. The Morgan fingerprint density at radius 1 is 1.00 bits per heavy atom. The maximum absolute atomic E-state index is 12.9. The SMILES string of the molecule is Cc1nn(Cc2cccc(C(=O)Nc3nn(Cc4ccc(Cl)c(Cl)c4)cc3Br)c2)c(C)c1Br. The molecule has 0 aliphatic rings. The highest BCUT2D eigenvalue weighted by molar-refractivity contribution is 9.11. The molecule has 4 rings (SSSR count). The lowest BCUT2D eigenvalue weighted by atomic mass is 10.1. The van der Waals surface area contributed by atoms with Gasteiger partial charge in [0.2, 0.25) is 0 Å². The van der Waals surface area contributed by atoms with E-state index in [4.69, 9.17) is 23.2 Å². The number of carbonyl (C=O) groups is 1. The average Bonchev–Trinajstić information content (AvgIpc) is 3.24. The van der Waals surface area contributed by atoms with Crippen molar-refractivity contribution < 1.29 is 4.79 Å². The van der Waals surface area contributed by atoms with Crippen molar-refractivity contribution in [1.29, 1.82) is 0 Å². The molecule has 10 heteroatoms. The lowest BCUT2D eigenvalue weighted by Gasteiger charge is -2.08. The molecule has 0 aliphatic carbocycles. The molecular weight excluding hydrogens is 593 g/mol. The number of nitrogens with zero attached hydrogens (tertiary/aromatic N) is 4. The van der Waals surface area contributed by atoms with E-state index in [1.165, 1.54) is 0 Å². The summed E-state index contributed by atoms with van der Waals surface area (Å²) in [5.41, 5.74) is 4.44. The molecule has 1 amide bonds. The Morgan fingerprint density at radius 3 is 2.45 bits per heavy atom. The van der Waals surface area contributed by atoms with Gasteiger partial charge >= 0.3 is 0 Å². The Balaban J connectivity index is 1.47. The summed E-state index contributed by atoms with van der Waals surface area (Å²) in [6.07, 6.45) is 1.80. The first-order valence-electron chi connectivity index (χ1n) is 9.98. The smallest absolute Gasteiger partial charge is 0.256 e. The minimum Gasteiger partial charge on any atom is -0.304 e. The van der Waals surface area contributed by atoms with Crippen LogP contribution in [0.4, 0.5) is 5.82 Å². The number of hydrogen-bond donors (Lipinski definition) is 1. The summed E-state index contributed by atoms with van der Waals surface area (Å²) in [6, 6.07) is 12.9. The molecular formula is C23H19Br2Cl2N5O. The molecule has 0 radical (unpaired) electrons. The normalized spacial score (nSPS) is 11.1. The van der Waals surface area contributed by atoms with Gasteiger partial charge in [0.1, 0.15) is 0 Å². The molecule has 2 aromatic carbocycles. The second kappa shape index (κ2) is 10.0. The van der Waals surface area contributed by atoms with Gasteiger partial charge in [-0.15, -0.1) is 0 Å². The molecule has 0 unspecified atom stereocenters. The Morgan fingerprint density at radius 2 is 1.76 bits per heavy atom. The van der Waals surface area contributed by atoms with Crippen LogP contribution in [0.15, 0.2) is 57.6 Å². The molecule has 2 aromatic heterocycles. The van der Waals surface area contributed by atoms with Crippen molar-refractivity contribution >= 4 is 66.8 Å². The standard InChI is InChI=1S/C23H19Br2Cl2N5O/c1-13-21(25)14(2)32(29-13)11-15-4-3-5-17(8-15)23(33)28-22-18(24)12-31(30-22)10-16-6-7-19(26)20(27)9-16/h3-9,12H,10-11H2,1-2H3,(H,28,30,33). The highest BCUT2D eigenvalue weighted by Gasteiger charge is 2.14. The van der Waals surface area contributed by atoms with Crippen LogP contribution in [0.5, 0.6) is 0 Å². The number of nitrogens with one attached hydrogen (secondary N) is 1. The van der Waals surface area contributed by atoms with Crippen molar-refractivity contribution in [3.05, 3.63) is 95.7 Å². The number of anilines is 1. The van der Waals surface area contributed by atoms with Gasteiger partial charge in [-0.05, 0) is 81.1 Å². The first kappa shape index (κ1) is 24.0. The first-order valence-corrected chi connectivity index (χ1v) is 12.3. The van der Waals surface area contributed by atoms with Gasteiger partial charge in [-0.1, -0.05) is 41.4 Å². The largest absolute Gasteiger partial charge is 0.304 e. The monoisotopic (exact) mass is 609 g/mol. The number of aromatic nitrogens is 4. The molecule has 0 spiro atoms. The van der Waals surface area contributed by atoms with Crippen molar-refractivity contribution in [3.8, 4) is 0 Å². The molecule has 6 nitrogen and oxygen atoms in total. The fraction of sp³-hybridized carbons (Fsp3) is 0.174. The van der Waals surface area contributed by atoms with Gasteiger partial charge in [-0.2, -0.15) is 10.2 Å². The molecule has 0 fully saturated rings. The quantitative estimate of drug-likeness (QED) is 0.259. The molecule has 4 aromatic rings. The van der Waals surface area contributed by atoms with E-state index < -0.39 is 0 Å². The fourth-order valence-corrected chi connectivity index (χ4v) is 4.40. The molecule has 2 heterocycles. The second-order valence-electron chi connectivity index (χ2n) is 7.57. The molecule has 0 saturated heterocycles. The number of benzene rings is 2. The van der Waals surface area contributed by atoms with Crippen LogP contribution >= 0.6 is 55.1 Å². The van der Waals surface area contributed by atoms with E-state index >= 15 is 0 Å². The third-order valence-electron chi connectivity index (χ3n) is 5.09. The van der Waals surface area contributed by atoms with Gasteiger partial charge in [-0.3, -0.25) is 14.2 Å². The van der Waals surface area contributed by atoms with E-state index in [9.17, 15) is 4.79 Å². The van der Waals surface area contributed by atoms with Crippen molar-refractivity contribution in [2.24, 2.45) is 0 Å². The highest BCUT2D eigenvalue weighted by atomic mass is 79.9. The zero-order valence-electron chi connectivity index (χ0n) is 17.7. The van der Waals surface area contributed by atoms with Crippen molar-refractivity contribution in [2.75, 3.05) is 5.32 Å². The predicted molar refractivity (Wildman–Crippen MR) is 138 cm³/mol. The summed E-state index contributed by atoms with van der Waals surface area (Å²) < 4.78 is 5.31. The van der Waals surface area contributed by atoms with Crippen LogP contribution in [0, 0.1) is 13.8 Å². The van der Waals surface area contributed by atoms with Crippen LogP contribution in [-0.4, -0.2) is 25.5 Å². The Bertz CT molecular complexity index is 1350. The maximum Gasteiger partial charge on any atom is 0.256 e. The van der Waals surface area contributed by atoms with Crippen LogP contribution < -0.4 is 5.32 Å². The first-order chi connectivity index (χ1) is 15.7. The lowest BCUT2D eigenvalue weighted by molar-refractivity contribution is 0.102. The molecule has 0 atom stereocenters. The fourth-order valence-electron chi connectivity index (χ4n) is 3.38. The third-order valence-corrected chi connectivity index (χ3v) is 7.56. The number of amides is 1. The van der Waals surface area contributed by atoms with Crippen LogP contribution in [-0.2, 0) is 13.1 Å². The van der Waals surface area contributed by atoms with Gasteiger partial charge in [0.15, 0.2) is 5.82 Å². The van der Waals surface area contributed by atoms with Gasteiger partial charge in [-0.25, -0.2) is 0 Å². The second-order valence-corrected chi connectivity index (χ2v) is 10.0. The summed E-state index contributed by atoms with van der Waals surface area (Å²) in [5, 5.41) is 12.9. The van der Waals surface area contributed by atoms with E-state index in [0.717, 1.165) is 27.0 Å². The molecule has 0 aliphatic heterocycles. The summed E-state index contributed by atoms with van der Waals surface area (Å²) in [7, 11) is 0. The number of rotatable bonds is 6. The summed E-state index contributed by atoms with van der Waals surface area (Å²) in [6.45, 7) is 5.02. The molecule has 1 N–H and O–H groups in total. The topological polar surface area (TPSA) is 64.7 Å². The summed E-state index contributed by atoms with van der Waals surface area (Å²) in [4.78, 5) is 12.9. The zero-order valence-corrected chi connectivity index (χ0v) is 22.4. The highest BCUT2D eigenvalue weighted by Crippen LogP contribution is 2.25.